The molecule has 112 valence electrons. The van der Waals surface area contributed by atoms with Crippen LogP contribution < -0.4 is 0 Å². The van der Waals surface area contributed by atoms with E-state index in [4.69, 9.17) is 0 Å². The Morgan fingerprint density at radius 3 is 1.40 bits per heavy atom. The first-order chi connectivity index (χ1) is 9.58. The summed E-state index contributed by atoms with van der Waals surface area (Å²) in [6.07, 6.45) is 8.13. The summed E-state index contributed by atoms with van der Waals surface area (Å²) in [5, 5.41) is 0. The Balaban J connectivity index is 0. The van der Waals surface area contributed by atoms with Crippen LogP contribution in [0.3, 0.4) is 0 Å². The quantitative estimate of drug-likeness (QED) is 0.465. The molecule has 0 bridgehead atoms. The molecule has 0 amide bonds. The first kappa shape index (κ1) is 20.6. The Morgan fingerprint density at radius 2 is 1.15 bits per heavy atom. The maximum Gasteiger partial charge on any atom is -0.0398 e. The average molecular weight is 271 g/mol. The molecule has 1 aliphatic rings. The highest BCUT2D eigenvalue weighted by Crippen LogP contribution is 2.10. The van der Waals surface area contributed by atoms with Crippen molar-refractivity contribution in [3.05, 3.63) is 77.8 Å². The summed E-state index contributed by atoms with van der Waals surface area (Å²) in [5.41, 5.74) is 5.03. The Morgan fingerprint density at radius 1 is 0.750 bits per heavy atom. The van der Waals surface area contributed by atoms with Crippen molar-refractivity contribution in [2.24, 2.45) is 0 Å². The minimum Gasteiger partial charge on any atom is -0.171 e. The third-order valence-corrected chi connectivity index (χ3v) is 2.34. The molecule has 2 rings (SSSR count). The van der Waals surface area contributed by atoms with E-state index in [1.807, 2.05) is 40.2 Å². The number of benzene rings is 1. The number of hydrogen-bond acceptors (Lipinski definition) is 0. The molecule has 0 saturated carbocycles. The normalized spacial score (nSPS) is 11.3. The lowest BCUT2D eigenvalue weighted by atomic mass is 10.1. The van der Waals surface area contributed by atoms with E-state index in [9.17, 15) is 0 Å². The van der Waals surface area contributed by atoms with Crippen LogP contribution in [0, 0.1) is 20.3 Å². The highest BCUT2D eigenvalue weighted by molar-refractivity contribution is 5.40. The SMILES string of the molecule is C=C1C=CC(C)=C[CH-]1.CC.CC.Cc1ccc(C)cc1. The van der Waals surface area contributed by atoms with Gasteiger partial charge in [-0.1, -0.05) is 70.0 Å². The zero-order valence-corrected chi connectivity index (χ0v) is 14.3. The first-order valence-corrected chi connectivity index (χ1v) is 7.50. The molecule has 0 spiro atoms. The Kier molecular flexibility index (Phi) is 14.2. The van der Waals surface area contributed by atoms with Gasteiger partial charge in [0, 0.05) is 0 Å². The van der Waals surface area contributed by atoms with Crippen molar-refractivity contribution in [3.63, 3.8) is 0 Å². The standard InChI is InChI=1S/C8H10.C8H9.2C2H6/c2*1-7-3-5-8(2)6-4-7;2*1-2/h3-6H,1-2H3;3-6H,1H2,2H3;2*1-2H3/q;-1;;. The predicted octanol–water partition coefficient (Wildman–Crippen LogP) is 6.62. The maximum atomic E-state index is 3.76. The van der Waals surface area contributed by atoms with E-state index in [2.05, 4.69) is 63.8 Å². The molecule has 0 N–H and O–H groups in total. The van der Waals surface area contributed by atoms with E-state index in [0.29, 0.717) is 0 Å². The van der Waals surface area contributed by atoms with Gasteiger partial charge in [-0.2, -0.15) is 12.2 Å². The second-order valence-electron chi connectivity index (χ2n) is 4.14. The van der Waals surface area contributed by atoms with E-state index < -0.39 is 0 Å². The van der Waals surface area contributed by atoms with Crippen molar-refractivity contribution in [2.75, 3.05) is 0 Å². The fraction of sp³-hybridized carbons (Fsp3) is 0.350. The number of allylic oxidation sites excluding steroid dienone is 5. The Bertz CT molecular complexity index is 378. The Hall–Kier alpha value is -1.69. The molecule has 0 heteroatoms. The van der Waals surface area contributed by atoms with E-state index in [0.717, 1.165) is 5.57 Å². The predicted molar refractivity (Wildman–Crippen MR) is 94.9 cm³/mol. The molecular formula is C20H31-. The molecule has 1 aromatic carbocycles. The summed E-state index contributed by atoms with van der Waals surface area (Å²) in [6, 6.07) is 8.48. The van der Waals surface area contributed by atoms with E-state index >= 15 is 0 Å². The van der Waals surface area contributed by atoms with Gasteiger partial charge in [-0.3, -0.25) is 0 Å². The smallest absolute Gasteiger partial charge is 0.0398 e. The summed E-state index contributed by atoms with van der Waals surface area (Å²) in [4.78, 5) is 0. The van der Waals surface area contributed by atoms with Gasteiger partial charge in [0.25, 0.3) is 0 Å². The number of hydrogen-bond donors (Lipinski definition) is 0. The summed E-state index contributed by atoms with van der Waals surface area (Å²) >= 11 is 0. The van der Waals surface area contributed by atoms with Crippen LogP contribution in [0.25, 0.3) is 0 Å². The lowest BCUT2D eigenvalue weighted by Crippen LogP contribution is -1.81. The largest absolute Gasteiger partial charge is 0.171 e. The van der Waals surface area contributed by atoms with Crippen LogP contribution >= 0.6 is 0 Å². The topological polar surface area (TPSA) is 0 Å². The van der Waals surface area contributed by atoms with Crippen molar-refractivity contribution >= 4 is 0 Å². The lowest BCUT2D eigenvalue weighted by Gasteiger charge is -2.10. The van der Waals surface area contributed by atoms with Crippen LogP contribution in [0.4, 0.5) is 0 Å². The fourth-order valence-corrected chi connectivity index (χ4v) is 1.22. The molecular weight excluding hydrogens is 240 g/mol. The second-order valence-corrected chi connectivity index (χ2v) is 4.14. The van der Waals surface area contributed by atoms with Gasteiger partial charge in [0.15, 0.2) is 0 Å². The molecule has 0 unspecified atom stereocenters. The molecule has 1 aromatic rings. The van der Waals surface area contributed by atoms with Gasteiger partial charge in [0.05, 0.1) is 0 Å². The number of aryl methyl sites for hydroxylation is 2. The average Bonchev–Trinajstić information content (AvgIpc) is 2.50. The molecule has 0 nitrogen and oxygen atoms in total. The van der Waals surface area contributed by atoms with Gasteiger partial charge in [-0.15, -0.1) is 30.2 Å². The highest BCUT2D eigenvalue weighted by Gasteiger charge is 1.82. The zero-order valence-electron chi connectivity index (χ0n) is 14.3. The molecule has 1 aliphatic carbocycles. The fourth-order valence-electron chi connectivity index (χ4n) is 1.22. The van der Waals surface area contributed by atoms with Crippen LogP contribution in [-0.4, -0.2) is 0 Å². The molecule has 0 radical (unpaired) electrons. The van der Waals surface area contributed by atoms with Crippen LogP contribution in [0.1, 0.15) is 45.7 Å². The van der Waals surface area contributed by atoms with Gasteiger partial charge < -0.3 is 0 Å². The van der Waals surface area contributed by atoms with Crippen molar-refractivity contribution in [2.45, 2.75) is 48.5 Å². The highest BCUT2D eigenvalue weighted by atomic mass is 14.0. The minimum absolute atomic E-state index is 1.08. The lowest BCUT2D eigenvalue weighted by molar-refractivity contribution is 1.40. The number of rotatable bonds is 0. The van der Waals surface area contributed by atoms with Gasteiger partial charge in [-0.05, 0) is 13.8 Å². The zero-order chi connectivity index (χ0) is 16.0. The molecule has 0 aromatic heterocycles. The molecule has 0 aliphatic heterocycles. The summed E-state index contributed by atoms with van der Waals surface area (Å²) in [6.45, 7) is 18.0. The van der Waals surface area contributed by atoms with E-state index in [1.165, 1.54) is 16.7 Å². The molecule has 0 saturated heterocycles. The van der Waals surface area contributed by atoms with Gasteiger partial charge >= 0.3 is 0 Å². The molecule has 0 fully saturated rings. The van der Waals surface area contributed by atoms with Gasteiger partial charge in [-0.25, -0.2) is 0 Å². The monoisotopic (exact) mass is 271 g/mol. The van der Waals surface area contributed by atoms with Crippen LogP contribution in [0.2, 0.25) is 0 Å². The summed E-state index contributed by atoms with van der Waals surface area (Å²) < 4.78 is 0. The van der Waals surface area contributed by atoms with Crippen molar-refractivity contribution in [3.8, 4) is 0 Å². The molecule has 0 atom stereocenters. The molecule has 20 heavy (non-hydrogen) atoms. The summed E-state index contributed by atoms with van der Waals surface area (Å²) in [5.74, 6) is 0. The van der Waals surface area contributed by atoms with Crippen LogP contribution in [0.5, 0.6) is 0 Å². The minimum atomic E-state index is 1.08. The van der Waals surface area contributed by atoms with E-state index in [-0.39, 0.29) is 0 Å². The second kappa shape index (κ2) is 13.7. The van der Waals surface area contributed by atoms with Gasteiger partial charge in [0.1, 0.15) is 0 Å². The van der Waals surface area contributed by atoms with Crippen molar-refractivity contribution in [1.82, 2.24) is 0 Å². The third-order valence-electron chi connectivity index (χ3n) is 2.34. The maximum absolute atomic E-state index is 3.76. The third kappa shape index (κ3) is 11.4. The first-order valence-electron chi connectivity index (χ1n) is 7.50. The Labute approximate surface area is 126 Å². The van der Waals surface area contributed by atoms with Gasteiger partial charge in [0.2, 0.25) is 0 Å². The van der Waals surface area contributed by atoms with Crippen LogP contribution in [-0.2, 0) is 0 Å². The van der Waals surface area contributed by atoms with Crippen LogP contribution in [0.15, 0.2) is 60.2 Å². The van der Waals surface area contributed by atoms with Crippen molar-refractivity contribution < 1.29 is 0 Å². The van der Waals surface area contributed by atoms with E-state index in [1.54, 1.807) is 0 Å². The summed E-state index contributed by atoms with van der Waals surface area (Å²) in [7, 11) is 0. The molecule has 0 heterocycles. The van der Waals surface area contributed by atoms with Crippen molar-refractivity contribution in [1.29, 1.82) is 0 Å².